The van der Waals surface area contributed by atoms with E-state index in [0.717, 1.165) is 18.6 Å². The topological polar surface area (TPSA) is 66.9 Å². The van der Waals surface area contributed by atoms with E-state index in [-0.39, 0.29) is 16.4 Å². The average Bonchev–Trinajstić information content (AvgIpc) is 2.46. The fourth-order valence-corrected chi connectivity index (χ4v) is 2.15. The molecule has 0 bridgehead atoms. The van der Waals surface area contributed by atoms with E-state index in [1.54, 1.807) is 6.92 Å². The Bertz CT molecular complexity index is 750. The van der Waals surface area contributed by atoms with Crippen molar-refractivity contribution in [2.75, 3.05) is 5.32 Å². The van der Waals surface area contributed by atoms with Crippen LogP contribution in [0.4, 0.5) is 19.0 Å². The number of benzene rings is 1. The maximum atomic E-state index is 12.7. The molecule has 1 aromatic carbocycles. The van der Waals surface area contributed by atoms with E-state index in [1.807, 2.05) is 30.3 Å². The van der Waals surface area contributed by atoms with Crippen LogP contribution in [0, 0.1) is 0 Å². The van der Waals surface area contributed by atoms with Gasteiger partial charge in [-0.15, -0.1) is 0 Å². The fraction of sp³-hybridized carbons (Fsp3) is 0.333. The quantitative estimate of drug-likeness (QED) is 0.907. The molecule has 2 N–H and O–H groups in total. The van der Waals surface area contributed by atoms with Crippen LogP contribution in [0.2, 0.25) is 0 Å². The Hall–Kier alpha value is -2.51. The third kappa shape index (κ3) is 3.82. The Morgan fingerprint density at radius 3 is 2.26 bits per heavy atom. The van der Waals surface area contributed by atoms with Crippen molar-refractivity contribution in [3.8, 4) is 0 Å². The van der Waals surface area contributed by atoms with Crippen molar-refractivity contribution >= 4 is 5.82 Å². The molecule has 0 saturated heterocycles. The molecular formula is C15H16F3N3O2. The Morgan fingerprint density at radius 1 is 1.13 bits per heavy atom. The predicted molar refractivity (Wildman–Crippen MR) is 80.6 cm³/mol. The number of halogens is 3. The number of aromatic nitrogens is 2. The van der Waals surface area contributed by atoms with Crippen LogP contribution in [0.3, 0.4) is 0 Å². The van der Waals surface area contributed by atoms with Crippen molar-refractivity contribution in [3.05, 3.63) is 62.8 Å². The zero-order valence-corrected chi connectivity index (χ0v) is 12.5. The second kappa shape index (κ2) is 6.31. The van der Waals surface area contributed by atoms with Gasteiger partial charge in [0.15, 0.2) is 0 Å². The lowest BCUT2D eigenvalue weighted by Gasteiger charge is -2.19. The van der Waals surface area contributed by atoms with Gasteiger partial charge in [0.25, 0.3) is 5.56 Å². The maximum absolute atomic E-state index is 12.7. The molecule has 8 heteroatoms. The van der Waals surface area contributed by atoms with Gasteiger partial charge >= 0.3 is 11.9 Å². The van der Waals surface area contributed by atoms with Gasteiger partial charge in [-0.3, -0.25) is 9.78 Å². The molecule has 0 radical (unpaired) electrons. The minimum atomic E-state index is -4.68. The number of anilines is 1. The van der Waals surface area contributed by atoms with Crippen LogP contribution in [-0.2, 0) is 0 Å². The van der Waals surface area contributed by atoms with Gasteiger partial charge in [-0.2, -0.15) is 13.2 Å². The molecule has 2 unspecified atom stereocenters. The lowest BCUT2D eigenvalue weighted by Crippen LogP contribution is -2.42. The van der Waals surface area contributed by atoms with Crippen LogP contribution in [0.1, 0.15) is 31.5 Å². The van der Waals surface area contributed by atoms with Crippen LogP contribution < -0.4 is 16.6 Å². The molecule has 0 spiro atoms. The molecule has 5 nitrogen and oxygen atoms in total. The molecule has 0 saturated carbocycles. The molecule has 0 aliphatic rings. The van der Waals surface area contributed by atoms with Crippen molar-refractivity contribution in [1.29, 1.82) is 0 Å². The Labute approximate surface area is 129 Å². The standard InChI is InChI=1S/C15H16F3N3O2/c1-9(11-6-4-3-5-7-11)19-12-8-13(22)21(14(23)20-12)10(2)15(16,17)18/h3-10,19H,1-2H3,(H,20,23). The maximum Gasteiger partial charge on any atom is 0.409 e. The summed E-state index contributed by atoms with van der Waals surface area (Å²) >= 11 is 0. The first kappa shape index (κ1) is 16.9. The van der Waals surface area contributed by atoms with Gasteiger partial charge in [0, 0.05) is 12.1 Å². The minimum absolute atomic E-state index is 0.0713. The van der Waals surface area contributed by atoms with Gasteiger partial charge in [0.2, 0.25) is 0 Å². The van der Waals surface area contributed by atoms with Crippen LogP contribution in [0.25, 0.3) is 0 Å². The summed E-state index contributed by atoms with van der Waals surface area (Å²) in [5.74, 6) is 0.0713. The van der Waals surface area contributed by atoms with Crippen molar-refractivity contribution in [1.82, 2.24) is 9.55 Å². The van der Waals surface area contributed by atoms with E-state index >= 15 is 0 Å². The lowest BCUT2D eigenvalue weighted by atomic mass is 10.1. The van der Waals surface area contributed by atoms with Crippen LogP contribution in [0.5, 0.6) is 0 Å². The van der Waals surface area contributed by atoms with Crippen LogP contribution >= 0.6 is 0 Å². The molecule has 2 rings (SSSR count). The van der Waals surface area contributed by atoms with Gasteiger partial charge < -0.3 is 5.32 Å². The first-order valence-corrected chi connectivity index (χ1v) is 6.94. The molecule has 1 heterocycles. The molecule has 23 heavy (non-hydrogen) atoms. The van der Waals surface area contributed by atoms with E-state index in [4.69, 9.17) is 0 Å². The van der Waals surface area contributed by atoms with Gasteiger partial charge in [-0.25, -0.2) is 9.36 Å². The Morgan fingerprint density at radius 2 is 1.74 bits per heavy atom. The largest absolute Gasteiger partial charge is 0.409 e. The molecule has 124 valence electrons. The number of alkyl halides is 3. The lowest BCUT2D eigenvalue weighted by molar-refractivity contribution is -0.164. The molecule has 0 amide bonds. The van der Waals surface area contributed by atoms with Gasteiger partial charge in [-0.1, -0.05) is 30.3 Å². The summed E-state index contributed by atoms with van der Waals surface area (Å²) in [5, 5.41) is 2.89. The van der Waals surface area contributed by atoms with Gasteiger partial charge in [0.05, 0.1) is 0 Å². The van der Waals surface area contributed by atoms with E-state index < -0.39 is 23.5 Å². The molecule has 2 aromatic rings. The molecular weight excluding hydrogens is 311 g/mol. The third-order valence-corrected chi connectivity index (χ3v) is 3.50. The number of rotatable bonds is 4. The van der Waals surface area contributed by atoms with Crippen molar-refractivity contribution in [3.63, 3.8) is 0 Å². The monoisotopic (exact) mass is 327 g/mol. The first-order chi connectivity index (χ1) is 10.7. The highest BCUT2D eigenvalue weighted by atomic mass is 19.4. The molecule has 0 aliphatic carbocycles. The van der Waals surface area contributed by atoms with Gasteiger partial charge in [0.1, 0.15) is 11.9 Å². The second-order valence-corrected chi connectivity index (χ2v) is 5.19. The van der Waals surface area contributed by atoms with Crippen LogP contribution in [0.15, 0.2) is 46.0 Å². The molecule has 1 aromatic heterocycles. The first-order valence-electron chi connectivity index (χ1n) is 6.94. The minimum Gasteiger partial charge on any atom is -0.365 e. The summed E-state index contributed by atoms with van der Waals surface area (Å²) in [6, 6.07) is 7.73. The molecule has 0 fully saturated rings. The number of aromatic amines is 1. The van der Waals surface area contributed by atoms with E-state index in [2.05, 4.69) is 10.3 Å². The number of nitrogens with zero attached hydrogens (tertiary/aromatic N) is 1. The number of hydrogen-bond donors (Lipinski definition) is 2. The Kier molecular flexibility index (Phi) is 4.63. The summed E-state index contributed by atoms with van der Waals surface area (Å²) in [7, 11) is 0. The summed E-state index contributed by atoms with van der Waals surface area (Å²) in [6.07, 6.45) is -4.68. The summed E-state index contributed by atoms with van der Waals surface area (Å²) in [4.78, 5) is 26.0. The fourth-order valence-electron chi connectivity index (χ4n) is 2.15. The zero-order valence-electron chi connectivity index (χ0n) is 12.5. The number of H-pyrrole nitrogens is 1. The van der Waals surface area contributed by atoms with Crippen molar-refractivity contribution in [2.24, 2.45) is 0 Å². The van der Waals surface area contributed by atoms with Gasteiger partial charge in [-0.05, 0) is 19.4 Å². The van der Waals surface area contributed by atoms with Crippen LogP contribution in [-0.4, -0.2) is 15.7 Å². The zero-order chi connectivity index (χ0) is 17.2. The van der Waals surface area contributed by atoms with E-state index in [1.165, 1.54) is 0 Å². The predicted octanol–water partition coefficient (Wildman–Crippen LogP) is 2.83. The summed E-state index contributed by atoms with van der Waals surface area (Å²) in [6.45, 7) is 2.56. The second-order valence-electron chi connectivity index (χ2n) is 5.19. The highest BCUT2D eigenvalue weighted by Gasteiger charge is 2.39. The van der Waals surface area contributed by atoms with E-state index in [0.29, 0.717) is 0 Å². The summed E-state index contributed by atoms with van der Waals surface area (Å²) < 4.78 is 38.2. The summed E-state index contributed by atoms with van der Waals surface area (Å²) in [5.41, 5.74) is -1.22. The normalized spacial score (nSPS) is 14.3. The molecule has 2 atom stereocenters. The van der Waals surface area contributed by atoms with Crippen molar-refractivity contribution < 1.29 is 13.2 Å². The smallest absolute Gasteiger partial charge is 0.365 e. The molecule has 0 aliphatic heterocycles. The number of hydrogen-bond acceptors (Lipinski definition) is 3. The number of nitrogens with one attached hydrogen (secondary N) is 2. The highest BCUT2D eigenvalue weighted by molar-refractivity contribution is 5.36. The SMILES string of the molecule is CC(Nc1cc(=O)n(C(C)C(F)(F)F)c(=O)[nH]1)c1ccccc1. The van der Waals surface area contributed by atoms with Crippen molar-refractivity contribution in [2.45, 2.75) is 32.1 Å². The highest BCUT2D eigenvalue weighted by Crippen LogP contribution is 2.27. The third-order valence-electron chi connectivity index (χ3n) is 3.50. The Balaban J connectivity index is 2.31. The van der Waals surface area contributed by atoms with E-state index in [9.17, 15) is 22.8 Å². The average molecular weight is 327 g/mol.